The van der Waals surface area contributed by atoms with E-state index in [-0.39, 0.29) is 11.6 Å². The summed E-state index contributed by atoms with van der Waals surface area (Å²) >= 11 is 0. The number of allylic oxidation sites excluding steroid dienone is 2. The predicted octanol–water partition coefficient (Wildman–Crippen LogP) is 6.31. The molecule has 0 unspecified atom stereocenters. The minimum absolute atomic E-state index is 0.0574. The van der Waals surface area contributed by atoms with Crippen LogP contribution in [0.1, 0.15) is 88.4 Å². The average Bonchev–Trinajstić information content (AvgIpc) is 2.61. The molecule has 0 saturated carbocycles. The maximum absolute atomic E-state index is 12.5. The Kier molecular flexibility index (Phi) is 10.8. The van der Waals surface area contributed by atoms with E-state index < -0.39 is 0 Å². The lowest BCUT2D eigenvalue weighted by atomic mass is 9.97. The van der Waals surface area contributed by atoms with E-state index in [4.69, 9.17) is 0 Å². The van der Waals surface area contributed by atoms with Gasteiger partial charge in [-0.2, -0.15) is 0 Å². The second-order valence-electron chi connectivity index (χ2n) is 6.44. The van der Waals surface area contributed by atoms with Gasteiger partial charge in [0.1, 0.15) is 0 Å². The third-order valence-corrected chi connectivity index (χ3v) is 4.28. The van der Waals surface area contributed by atoms with Crippen molar-refractivity contribution in [2.75, 3.05) is 0 Å². The van der Waals surface area contributed by atoms with Crippen LogP contribution in [-0.4, -0.2) is 11.6 Å². The van der Waals surface area contributed by atoms with Crippen molar-refractivity contribution in [1.82, 2.24) is 0 Å². The summed E-state index contributed by atoms with van der Waals surface area (Å²) in [6, 6.07) is 9.20. The van der Waals surface area contributed by atoms with Crippen LogP contribution in [0.3, 0.4) is 0 Å². The average molecular weight is 328 g/mol. The summed E-state index contributed by atoms with van der Waals surface area (Å²) in [5, 5.41) is 0. The topological polar surface area (TPSA) is 34.1 Å². The van der Waals surface area contributed by atoms with E-state index in [2.05, 4.69) is 13.8 Å². The number of unbranched alkanes of at least 4 members (excludes halogenated alkanes) is 6. The molecule has 0 aliphatic heterocycles. The molecule has 132 valence electrons. The Balaban J connectivity index is 2.58. The predicted molar refractivity (Wildman–Crippen MR) is 101 cm³/mol. The summed E-state index contributed by atoms with van der Waals surface area (Å²) in [6.45, 7) is 4.31. The van der Waals surface area contributed by atoms with Gasteiger partial charge in [-0.3, -0.25) is 9.59 Å². The third kappa shape index (κ3) is 8.24. The third-order valence-electron chi connectivity index (χ3n) is 4.28. The molecule has 1 rings (SSSR count). The zero-order valence-electron chi connectivity index (χ0n) is 15.4. The van der Waals surface area contributed by atoms with Gasteiger partial charge in [0.25, 0.3) is 0 Å². The van der Waals surface area contributed by atoms with Crippen LogP contribution >= 0.6 is 0 Å². The molecule has 0 fully saturated rings. The lowest BCUT2D eigenvalue weighted by molar-refractivity contribution is -0.115. The Morgan fingerprint density at radius 3 is 2.08 bits per heavy atom. The van der Waals surface area contributed by atoms with Crippen LogP contribution in [0.4, 0.5) is 0 Å². The first-order chi connectivity index (χ1) is 11.7. The van der Waals surface area contributed by atoms with E-state index in [0.29, 0.717) is 24.0 Å². The minimum Gasteiger partial charge on any atom is -0.295 e. The van der Waals surface area contributed by atoms with E-state index in [0.717, 1.165) is 25.7 Å². The molecule has 0 saturated heterocycles. The van der Waals surface area contributed by atoms with E-state index in [9.17, 15) is 9.59 Å². The molecule has 0 N–H and O–H groups in total. The highest BCUT2D eigenvalue weighted by Gasteiger charge is 2.12. The van der Waals surface area contributed by atoms with E-state index in [1.807, 2.05) is 18.2 Å². The number of hydrogen-bond donors (Lipinski definition) is 0. The van der Waals surface area contributed by atoms with Gasteiger partial charge in [-0.1, -0.05) is 82.7 Å². The van der Waals surface area contributed by atoms with Gasteiger partial charge in [0, 0.05) is 12.0 Å². The first kappa shape index (κ1) is 20.3. The van der Waals surface area contributed by atoms with Crippen molar-refractivity contribution < 1.29 is 9.59 Å². The van der Waals surface area contributed by atoms with E-state index in [1.54, 1.807) is 18.2 Å². The molecule has 0 aromatic heterocycles. The second kappa shape index (κ2) is 12.7. The Morgan fingerprint density at radius 1 is 0.792 bits per heavy atom. The van der Waals surface area contributed by atoms with Crippen molar-refractivity contribution in [2.45, 2.75) is 78.1 Å². The number of ketones is 2. The minimum atomic E-state index is -0.0574. The SMILES string of the molecule is CCCCCCCCC(=O)/C(=C\C(=O)c1ccccc1)CCCC. The monoisotopic (exact) mass is 328 g/mol. The van der Waals surface area contributed by atoms with Crippen LogP contribution in [-0.2, 0) is 4.79 Å². The summed E-state index contributed by atoms with van der Waals surface area (Å²) in [5.41, 5.74) is 1.36. The van der Waals surface area contributed by atoms with Crippen LogP contribution in [0.25, 0.3) is 0 Å². The van der Waals surface area contributed by atoms with Crippen LogP contribution < -0.4 is 0 Å². The van der Waals surface area contributed by atoms with Gasteiger partial charge in [0.15, 0.2) is 11.6 Å². The number of hydrogen-bond acceptors (Lipinski definition) is 2. The number of rotatable bonds is 13. The molecule has 2 heteroatoms. The number of Topliss-reactive ketones (excluding diaryl/α,β-unsaturated/α-hetero) is 1. The molecule has 1 aromatic carbocycles. The van der Waals surface area contributed by atoms with Crippen molar-refractivity contribution >= 4 is 11.6 Å². The van der Waals surface area contributed by atoms with Crippen LogP contribution in [0, 0.1) is 0 Å². The molecule has 0 aliphatic carbocycles. The molecule has 24 heavy (non-hydrogen) atoms. The lowest BCUT2D eigenvalue weighted by Crippen LogP contribution is -2.06. The zero-order valence-corrected chi connectivity index (χ0v) is 15.4. The molecular formula is C22H32O2. The van der Waals surface area contributed by atoms with Crippen LogP contribution in [0.5, 0.6) is 0 Å². The second-order valence-corrected chi connectivity index (χ2v) is 6.44. The number of benzene rings is 1. The van der Waals surface area contributed by atoms with Gasteiger partial charge in [-0.05, 0) is 30.9 Å². The summed E-state index contributed by atoms with van der Waals surface area (Å²) in [5.74, 6) is 0.0984. The fraction of sp³-hybridized carbons (Fsp3) is 0.545. The summed E-state index contributed by atoms with van der Waals surface area (Å²) < 4.78 is 0. The summed E-state index contributed by atoms with van der Waals surface area (Å²) in [4.78, 5) is 24.8. The smallest absolute Gasteiger partial charge is 0.186 e. The van der Waals surface area contributed by atoms with E-state index in [1.165, 1.54) is 25.7 Å². The van der Waals surface area contributed by atoms with Crippen LogP contribution in [0.2, 0.25) is 0 Å². The Hall–Kier alpha value is -1.70. The number of carbonyl (C=O) groups excluding carboxylic acids is 2. The van der Waals surface area contributed by atoms with Crippen molar-refractivity contribution in [2.24, 2.45) is 0 Å². The molecular weight excluding hydrogens is 296 g/mol. The highest BCUT2D eigenvalue weighted by Crippen LogP contribution is 2.16. The van der Waals surface area contributed by atoms with Gasteiger partial charge in [-0.15, -0.1) is 0 Å². The van der Waals surface area contributed by atoms with Gasteiger partial charge in [-0.25, -0.2) is 0 Å². The van der Waals surface area contributed by atoms with E-state index >= 15 is 0 Å². The lowest BCUT2D eigenvalue weighted by Gasteiger charge is -2.07. The molecule has 0 bridgehead atoms. The largest absolute Gasteiger partial charge is 0.295 e. The van der Waals surface area contributed by atoms with Crippen LogP contribution in [0.15, 0.2) is 42.0 Å². The standard InChI is InChI=1S/C22H32O2/c1-3-5-7-8-9-13-17-21(23)20(14-6-4-2)18-22(24)19-15-11-10-12-16-19/h10-12,15-16,18H,3-9,13-14,17H2,1-2H3/b20-18-. The van der Waals surface area contributed by atoms with Gasteiger partial charge >= 0.3 is 0 Å². The van der Waals surface area contributed by atoms with Crippen molar-refractivity contribution in [3.8, 4) is 0 Å². The highest BCUT2D eigenvalue weighted by atomic mass is 16.1. The zero-order chi connectivity index (χ0) is 17.6. The van der Waals surface area contributed by atoms with Crippen molar-refractivity contribution in [3.63, 3.8) is 0 Å². The fourth-order valence-corrected chi connectivity index (χ4v) is 2.73. The first-order valence-corrected chi connectivity index (χ1v) is 9.52. The maximum Gasteiger partial charge on any atom is 0.186 e. The maximum atomic E-state index is 12.5. The first-order valence-electron chi connectivity index (χ1n) is 9.52. The van der Waals surface area contributed by atoms with Crippen molar-refractivity contribution in [1.29, 1.82) is 0 Å². The normalized spacial score (nSPS) is 11.5. The van der Waals surface area contributed by atoms with Gasteiger partial charge in [0.2, 0.25) is 0 Å². The molecule has 0 spiro atoms. The molecule has 1 aromatic rings. The Bertz CT molecular complexity index is 514. The highest BCUT2D eigenvalue weighted by molar-refractivity contribution is 6.09. The van der Waals surface area contributed by atoms with Gasteiger partial charge in [0.05, 0.1) is 0 Å². The molecule has 0 atom stereocenters. The molecule has 2 nitrogen and oxygen atoms in total. The summed E-state index contributed by atoms with van der Waals surface area (Å²) in [7, 11) is 0. The van der Waals surface area contributed by atoms with Crippen molar-refractivity contribution in [3.05, 3.63) is 47.5 Å². The summed E-state index contributed by atoms with van der Waals surface area (Å²) in [6.07, 6.45) is 11.9. The molecule has 0 radical (unpaired) electrons. The Morgan fingerprint density at radius 2 is 1.42 bits per heavy atom. The molecule has 0 amide bonds. The van der Waals surface area contributed by atoms with Gasteiger partial charge < -0.3 is 0 Å². The fourth-order valence-electron chi connectivity index (χ4n) is 2.73. The number of carbonyl (C=O) groups is 2. The quantitative estimate of drug-likeness (QED) is 0.242. The Labute approximate surface area is 147 Å². The molecule has 0 heterocycles. The molecule has 0 aliphatic rings.